The van der Waals surface area contributed by atoms with Crippen LogP contribution in [0.3, 0.4) is 0 Å². The summed E-state index contributed by atoms with van der Waals surface area (Å²) in [5, 5.41) is 0.790. The van der Waals surface area contributed by atoms with Crippen LogP contribution in [-0.4, -0.2) is 37.3 Å². The Morgan fingerprint density at radius 2 is 2.21 bits per heavy atom. The Bertz CT molecular complexity index is 507. The van der Waals surface area contributed by atoms with Crippen molar-refractivity contribution in [2.45, 2.75) is 26.3 Å². The Morgan fingerprint density at radius 3 is 2.74 bits per heavy atom. The fourth-order valence-electron chi connectivity index (χ4n) is 2.11. The van der Waals surface area contributed by atoms with Gasteiger partial charge in [-0.05, 0) is 32.2 Å². The second-order valence-electron chi connectivity index (χ2n) is 4.77. The predicted molar refractivity (Wildman–Crippen MR) is 76.0 cm³/mol. The van der Waals surface area contributed by atoms with Gasteiger partial charge in [-0.25, -0.2) is 4.98 Å². The molecule has 1 aliphatic heterocycles. The molecule has 0 aromatic carbocycles. The molecule has 0 aliphatic carbocycles. The van der Waals surface area contributed by atoms with E-state index in [1.807, 2.05) is 6.92 Å². The standard InChI is InChI=1S/C11H20N4O2S2/c1-9-7-13-11(18-9)8-14-19(16,17)15-4-2-10(6-12)3-5-15/h7,10,14H,2-6,8,12H2,1H3. The minimum Gasteiger partial charge on any atom is -0.330 e. The average molecular weight is 304 g/mol. The van der Waals surface area contributed by atoms with E-state index in [0.29, 0.717) is 25.6 Å². The highest BCUT2D eigenvalue weighted by Crippen LogP contribution is 2.18. The van der Waals surface area contributed by atoms with Gasteiger partial charge in [-0.2, -0.15) is 17.4 Å². The van der Waals surface area contributed by atoms with E-state index in [-0.39, 0.29) is 6.54 Å². The molecule has 108 valence electrons. The maximum atomic E-state index is 12.1. The number of nitrogens with two attached hydrogens (primary N) is 1. The molecule has 6 nitrogen and oxygen atoms in total. The first kappa shape index (κ1) is 14.9. The predicted octanol–water partition coefficient (Wildman–Crippen LogP) is 0.457. The van der Waals surface area contributed by atoms with Crippen molar-refractivity contribution in [1.29, 1.82) is 0 Å². The third-order valence-electron chi connectivity index (χ3n) is 3.32. The summed E-state index contributed by atoms with van der Waals surface area (Å²) >= 11 is 1.51. The molecule has 0 saturated carbocycles. The van der Waals surface area contributed by atoms with Crippen LogP contribution in [-0.2, 0) is 16.8 Å². The van der Waals surface area contributed by atoms with Crippen LogP contribution in [0.5, 0.6) is 0 Å². The minimum atomic E-state index is -3.39. The second-order valence-corrected chi connectivity index (χ2v) is 7.84. The zero-order chi connectivity index (χ0) is 13.9. The normalized spacial score (nSPS) is 18.8. The lowest BCUT2D eigenvalue weighted by atomic mass is 9.99. The summed E-state index contributed by atoms with van der Waals surface area (Å²) in [6.45, 7) is 3.95. The van der Waals surface area contributed by atoms with E-state index in [1.165, 1.54) is 15.6 Å². The van der Waals surface area contributed by atoms with Gasteiger partial charge in [-0.3, -0.25) is 0 Å². The van der Waals surface area contributed by atoms with Gasteiger partial charge < -0.3 is 5.73 Å². The topological polar surface area (TPSA) is 88.3 Å². The molecule has 1 aromatic rings. The monoisotopic (exact) mass is 304 g/mol. The number of hydrogen-bond acceptors (Lipinski definition) is 5. The molecule has 19 heavy (non-hydrogen) atoms. The van der Waals surface area contributed by atoms with E-state index in [4.69, 9.17) is 5.73 Å². The molecule has 1 saturated heterocycles. The van der Waals surface area contributed by atoms with E-state index in [0.717, 1.165) is 22.7 Å². The highest BCUT2D eigenvalue weighted by molar-refractivity contribution is 7.87. The molecule has 0 bridgehead atoms. The number of nitrogens with one attached hydrogen (secondary N) is 1. The summed E-state index contributed by atoms with van der Waals surface area (Å²) in [7, 11) is -3.39. The van der Waals surface area contributed by atoms with Crippen molar-refractivity contribution >= 4 is 21.5 Å². The second kappa shape index (κ2) is 6.27. The molecule has 0 atom stereocenters. The summed E-state index contributed by atoms with van der Waals surface area (Å²) in [6, 6.07) is 0. The van der Waals surface area contributed by atoms with Gasteiger partial charge >= 0.3 is 0 Å². The largest absolute Gasteiger partial charge is 0.330 e. The lowest BCUT2D eigenvalue weighted by molar-refractivity contribution is 0.275. The number of aromatic nitrogens is 1. The molecule has 3 N–H and O–H groups in total. The molecule has 0 spiro atoms. The Hall–Kier alpha value is -0.540. The summed E-state index contributed by atoms with van der Waals surface area (Å²) in [4.78, 5) is 5.23. The number of piperidine rings is 1. The average Bonchev–Trinajstić information content (AvgIpc) is 2.82. The van der Waals surface area contributed by atoms with Crippen LogP contribution in [0, 0.1) is 12.8 Å². The Labute approximate surface area is 118 Å². The first-order valence-electron chi connectivity index (χ1n) is 6.37. The van der Waals surface area contributed by atoms with E-state index < -0.39 is 10.2 Å². The quantitative estimate of drug-likeness (QED) is 0.827. The van der Waals surface area contributed by atoms with Crippen LogP contribution in [0.15, 0.2) is 6.20 Å². The van der Waals surface area contributed by atoms with Crippen LogP contribution < -0.4 is 10.5 Å². The van der Waals surface area contributed by atoms with Gasteiger partial charge in [0, 0.05) is 24.2 Å². The summed E-state index contributed by atoms with van der Waals surface area (Å²) < 4.78 is 28.3. The summed E-state index contributed by atoms with van der Waals surface area (Å²) in [6.07, 6.45) is 3.43. The van der Waals surface area contributed by atoms with E-state index in [1.54, 1.807) is 6.20 Å². The number of thiazole rings is 1. The van der Waals surface area contributed by atoms with Gasteiger partial charge in [-0.1, -0.05) is 0 Å². The van der Waals surface area contributed by atoms with Crippen molar-refractivity contribution in [2.75, 3.05) is 19.6 Å². The lowest BCUT2D eigenvalue weighted by Crippen LogP contribution is -2.45. The van der Waals surface area contributed by atoms with Crippen LogP contribution in [0.4, 0.5) is 0 Å². The Kier molecular flexibility index (Phi) is 4.91. The van der Waals surface area contributed by atoms with Gasteiger partial charge in [0.2, 0.25) is 0 Å². The first-order valence-corrected chi connectivity index (χ1v) is 8.63. The van der Waals surface area contributed by atoms with E-state index >= 15 is 0 Å². The van der Waals surface area contributed by atoms with Crippen LogP contribution in [0.25, 0.3) is 0 Å². The van der Waals surface area contributed by atoms with Crippen molar-refractivity contribution < 1.29 is 8.42 Å². The first-order chi connectivity index (χ1) is 9.01. The molecule has 2 heterocycles. The number of hydrogen-bond donors (Lipinski definition) is 2. The molecule has 8 heteroatoms. The maximum absolute atomic E-state index is 12.1. The van der Waals surface area contributed by atoms with Gasteiger partial charge in [0.25, 0.3) is 10.2 Å². The third-order valence-corrected chi connectivity index (χ3v) is 5.79. The Balaban J connectivity index is 1.88. The molecule has 0 radical (unpaired) electrons. The Morgan fingerprint density at radius 1 is 1.53 bits per heavy atom. The fourth-order valence-corrected chi connectivity index (χ4v) is 4.12. The van der Waals surface area contributed by atoms with Gasteiger partial charge in [-0.15, -0.1) is 11.3 Å². The number of nitrogens with zero attached hydrogens (tertiary/aromatic N) is 2. The lowest BCUT2D eigenvalue weighted by Gasteiger charge is -2.30. The summed E-state index contributed by atoms with van der Waals surface area (Å²) in [5.74, 6) is 0.452. The molecule has 2 rings (SSSR count). The van der Waals surface area contributed by atoms with Crippen molar-refractivity contribution in [1.82, 2.24) is 14.0 Å². The van der Waals surface area contributed by atoms with Gasteiger partial charge in [0.15, 0.2) is 0 Å². The van der Waals surface area contributed by atoms with Gasteiger partial charge in [0.05, 0.1) is 6.54 Å². The van der Waals surface area contributed by atoms with Gasteiger partial charge in [0.1, 0.15) is 5.01 Å². The maximum Gasteiger partial charge on any atom is 0.279 e. The number of aryl methyl sites for hydroxylation is 1. The van der Waals surface area contributed by atoms with Crippen molar-refractivity contribution in [3.05, 3.63) is 16.1 Å². The van der Waals surface area contributed by atoms with E-state index in [2.05, 4.69) is 9.71 Å². The molecular weight excluding hydrogens is 284 g/mol. The van der Waals surface area contributed by atoms with Crippen LogP contribution >= 0.6 is 11.3 Å². The smallest absolute Gasteiger partial charge is 0.279 e. The highest BCUT2D eigenvalue weighted by atomic mass is 32.2. The molecular formula is C11H20N4O2S2. The van der Waals surface area contributed by atoms with Crippen LogP contribution in [0.1, 0.15) is 22.7 Å². The fraction of sp³-hybridized carbons (Fsp3) is 0.727. The van der Waals surface area contributed by atoms with Crippen molar-refractivity contribution in [3.63, 3.8) is 0 Å². The summed E-state index contributed by atoms with van der Waals surface area (Å²) in [5.41, 5.74) is 5.60. The molecule has 1 aromatic heterocycles. The van der Waals surface area contributed by atoms with Crippen molar-refractivity contribution in [2.24, 2.45) is 11.7 Å². The van der Waals surface area contributed by atoms with E-state index in [9.17, 15) is 8.42 Å². The third kappa shape index (κ3) is 3.96. The zero-order valence-electron chi connectivity index (χ0n) is 11.0. The van der Waals surface area contributed by atoms with Crippen molar-refractivity contribution in [3.8, 4) is 0 Å². The molecule has 0 unspecified atom stereocenters. The minimum absolute atomic E-state index is 0.262. The molecule has 1 aliphatic rings. The molecule has 0 amide bonds. The SMILES string of the molecule is Cc1cnc(CNS(=O)(=O)N2CCC(CN)CC2)s1. The number of rotatable bonds is 5. The molecule has 1 fully saturated rings. The zero-order valence-corrected chi connectivity index (χ0v) is 12.6. The van der Waals surface area contributed by atoms with Crippen LogP contribution in [0.2, 0.25) is 0 Å². The highest BCUT2D eigenvalue weighted by Gasteiger charge is 2.27.